The molecule has 30 heavy (non-hydrogen) atoms. The van der Waals surface area contributed by atoms with Gasteiger partial charge in [-0.25, -0.2) is 9.98 Å². The maximum atomic E-state index is 12.7. The SMILES string of the molecule is C[C@@H](C(=O)NC1=Nc2ccc(CC(=O)c3cscn3)cc2C1)c1cccc(C#N)c1. The third-order valence-corrected chi connectivity index (χ3v) is 5.60. The summed E-state index contributed by atoms with van der Waals surface area (Å²) in [7, 11) is 0. The van der Waals surface area contributed by atoms with E-state index < -0.39 is 5.92 Å². The Kier molecular flexibility index (Phi) is 5.50. The molecule has 3 aromatic rings. The number of amides is 1. The van der Waals surface area contributed by atoms with Crippen LogP contribution in [0, 0.1) is 11.3 Å². The molecule has 1 atom stereocenters. The number of nitrogens with one attached hydrogen (secondary N) is 1. The second-order valence-corrected chi connectivity index (χ2v) is 7.84. The van der Waals surface area contributed by atoms with Crippen molar-refractivity contribution in [2.75, 3.05) is 0 Å². The third kappa shape index (κ3) is 4.19. The lowest BCUT2D eigenvalue weighted by Crippen LogP contribution is -2.33. The van der Waals surface area contributed by atoms with Crippen LogP contribution in [0.3, 0.4) is 0 Å². The highest BCUT2D eigenvalue weighted by Crippen LogP contribution is 2.28. The molecule has 0 unspecified atom stereocenters. The van der Waals surface area contributed by atoms with Gasteiger partial charge in [-0.05, 0) is 41.8 Å². The van der Waals surface area contributed by atoms with Crippen molar-refractivity contribution in [1.82, 2.24) is 10.3 Å². The molecule has 2 aromatic carbocycles. The summed E-state index contributed by atoms with van der Waals surface area (Å²) in [5.74, 6) is -0.00934. The number of fused-ring (bicyclic) bond motifs is 1. The first-order chi connectivity index (χ1) is 14.5. The highest BCUT2D eigenvalue weighted by molar-refractivity contribution is 7.07. The van der Waals surface area contributed by atoms with Gasteiger partial charge in [0.05, 0.1) is 28.7 Å². The van der Waals surface area contributed by atoms with Crippen LogP contribution in [-0.2, 0) is 17.6 Å². The number of Topliss-reactive ketones (excluding diaryl/α,β-unsaturated/α-hetero) is 1. The van der Waals surface area contributed by atoms with Gasteiger partial charge < -0.3 is 5.32 Å². The molecule has 0 saturated carbocycles. The Balaban J connectivity index is 1.41. The lowest BCUT2D eigenvalue weighted by molar-refractivity contribution is -0.120. The quantitative estimate of drug-likeness (QED) is 0.640. The Bertz CT molecular complexity index is 1190. The number of carbonyl (C=O) groups excluding carboxylic acids is 2. The number of carbonyl (C=O) groups is 2. The molecule has 4 rings (SSSR count). The van der Waals surface area contributed by atoms with Crippen LogP contribution < -0.4 is 5.32 Å². The van der Waals surface area contributed by atoms with Crippen molar-refractivity contribution in [2.45, 2.75) is 25.7 Å². The molecule has 1 N–H and O–H groups in total. The molecule has 1 amide bonds. The summed E-state index contributed by atoms with van der Waals surface area (Å²) in [5, 5.41) is 13.7. The fourth-order valence-electron chi connectivity index (χ4n) is 3.34. The Labute approximate surface area is 177 Å². The number of ketones is 1. The zero-order valence-electron chi connectivity index (χ0n) is 16.3. The molecule has 0 radical (unpaired) electrons. The van der Waals surface area contributed by atoms with E-state index in [4.69, 9.17) is 5.26 Å². The van der Waals surface area contributed by atoms with Gasteiger partial charge >= 0.3 is 0 Å². The first kappa shape index (κ1) is 19.7. The standard InChI is InChI=1S/C23H18N4O2S/c1-14(17-4-2-3-16(8-17)11-24)23(29)27-22-10-18-7-15(5-6-19(18)26-22)9-21(28)20-12-30-13-25-20/h2-8,12-14H,9-10H2,1H3,(H,26,27,29)/t14-/m1/s1. The minimum atomic E-state index is -0.406. The number of nitriles is 1. The number of rotatable bonds is 5. The summed E-state index contributed by atoms with van der Waals surface area (Å²) < 4.78 is 0. The van der Waals surface area contributed by atoms with Crippen molar-refractivity contribution in [3.8, 4) is 6.07 Å². The van der Waals surface area contributed by atoms with Gasteiger partial charge in [0.15, 0.2) is 5.78 Å². The minimum Gasteiger partial charge on any atom is -0.313 e. The summed E-state index contributed by atoms with van der Waals surface area (Å²) in [6, 6.07) is 14.8. The second kappa shape index (κ2) is 8.39. The van der Waals surface area contributed by atoms with E-state index >= 15 is 0 Å². The zero-order valence-corrected chi connectivity index (χ0v) is 17.1. The van der Waals surface area contributed by atoms with E-state index in [0.29, 0.717) is 23.5 Å². The molecule has 1 aromatic heterocycles. The molecule has 0 bridgehead atoms. The lowest BCUT2D eigenvalue weighted by Gasteiger charge is -2.12. The molecule has 0 fully saturated rings. The monoisotopic (exact) mass is 414 g/mol. The van der Waals surface area contributed by atoms with Crippen LogP contribution in [0.5, 0.6) is 0 Å². The molecule has 6 nitrogen and oxygen atoms in total. The number of nitrogens with zero attached hydrogens (tertiary/aromatic N) is 3. The number of amidine groups is 1. The molecule has 148 valence electrons. The van der Waals surface area contributed by atoms with E-state index in [2.05, 4.69) is 21.4 Å². The fraction of sp³-hybridized carbons (Fsp3) is 0.174. The van der Waals surface area contributed by atoms with Crippen molar-refractivity contribution in [3.63, 3.8) is 0 Å². The van der Waals surface area contributed by atoms with E-state index in [0.717, 1.165) is 22.4 Å². The summed E-state index contributed by atoms with van der Waals surface area (Å²) in [6.07, 6.45) is 0.787. The minimum absolute atomic E-state index is 0.0166. The van der Waals surface area contributed by atoms with Crippen molar-refractivity contribution >= 4 is 34.6 Å². The van der Waals surface area contributed by atoms with Crippen molar-refractivity contribution in [3.05, 3.63) is 81.3 Å². The summed E-state index contributed by atoms with van der Waals surface area (Å²) in [4.78, 5) is 33.5. The van der Waals surface area contributed by atoms with Gasteiger partial charge in [-0.15, -0.1) is 11.3 Å². The van der Waals surface area contributed by atoms with E-state index in [1.165, 1.54) is 11.3 Å². The van der Waals surface area contributed by atoms with Crippen molar-refractivity contribution in [2.24, 2.45) is 4.99 Å². The highest BCUT2D eigenvalue weighted by Gasteiger charge is 2.21. The number of thiazole rings is 1. The van der Waals surface area contributed by atoms with Crippen LogP contribution in [0.15, 0.2) is 58.3 Å². The smallest absolute Gasteiger partial charge is 0.232 e. The van der Waals surface area contributed by atoms with Gasteiger partial charge in [0, 0.05) is 18.2 Å². The van der Waals surface area contributed by atoms with Gasteiger partial charge in [0.2, 0.25) is 5.91 Å². The molecule has 2 heterocycles. The molecule has 1 aliphatic heterocycles. The first-order valence-electron chi connectivity index (χ1n) is 9.45. The second-order valence-electron chi connectivity index (χ2n) is 7.12. The van der Waals surface area contributed by atoms with Gasteiger partial charge in [-0.3, -0.25) is 9.59 Å². The maximum absolute atomic E-state index is 12.7. The number of aliphatic imine (C=N–C) groups is 1. The topological polar surface area (TPSA) is 95.2 Å². The van der Waals surface area contributed by atoms with Crippen molar-refractivity contribution in [1.29, 1.82) is 5.26 Å². The van der Waals surface area contributed by atoms with Gasteiger partial charge in [0.25, 0.3) is 0 Å². The van der Waals surface area contributed by atoms with Gasteiger partial charge in [-0.1, -0.05) is 24.3 Å². The van der Waals surface area contributed by atoms with Crippen LogP contribution in [0.4, 0.5) is 5.69 Å². The first-order valence-corrected chi connectivity index (χ1v) is 10.4. The molecule has 0 saturated heterocycles. The average Bonchev–Trinajstić information content (AvgIpc) is 3.42. The summed E-state index contributed by atoms with van der Waals surface area (Å²) >= 11 is 1.40. The van der Waals surface area contributed by atoms with E-state index in [1.807, 2.05) is 24.3 Å². The predicted molar refractivity (Wildman–Crippen MR) is 115 cm³/mol. The van der Waals surface area contributed by atoms with Crippen LogP contribution >= 0.6 is 11.3 Å². The normalized spacial score (nSPS) is 13.1. The molecular weight excluding hydrogens is 396 g/mol. The molecule has 1 aliphatic rings. The maximum Gasteiger partial charge on any atom is 0.232 e. The van der Waals surface area contributed by atoms with E-state index in [9.17, 15) is 9.59 Å². The lowest BCUT2D eigenvalue weighted by atomic mass is 9.98. The van der Waals surface area contributed by atoms with Gasteiger partial charge in [0.1, 0.15) is 11.5 Å². The largest absolute Gasteiger partial charge is 0.313 e. The van der Waals surface area contributed by atoms with E-state index in [1.54, 1.807) is 36.0 Å². The van der Waals surface area contributed by atoms with Crippen LogP contribution in [0.2, 0.25) is 0 Å². The van der Waals surface area contributed by atoms with E-state index in [-0.39, 0.29) is 18.1 Å². The summed E-state index contributed by atoms with van der Waals surface area (Å²) in [5.41, 5.74) is 6.12. The Morgan fingerprint density at radius 2 is 2.13 bits per heavy atom. The number of aromatic nitrogens is 1. The Morgan fingerprint density at radius 1 is 1.27 bits per heavy atom. The predicted octanol–water partition coefficient (Wildman–Crippen LogP) is 3.95. The fourth-order valence-corrected chi connectivity index (χ4v) is 3.90. The Morgan fingerprint density at radius 3 is 2.90 bits per heavy atom. The van der Waals surface area contributed by atoms with Crippen LogP contribution in [0.1, 0.15) is 45.6 Å². The number of hydrogen-bond donors (Lipinski definition) is 1. The Hall–Kier alpha value is -3.63. The summed E-state index contributed by atoms with van der Waals surface area (Å²) in [6.45, 7) is 1.80. The van der Waals surface area contributed by atoms with Gasteiger partial charge in [-0.2, -0.15) is 5.26 Å². The highest BCUT2D eigenvalue weighted by atomic mass is 32.1. The average molecular weight is 414 g/mol. The number of benzene rings is 2. The third-order valence-electron chi connectivity index (χ3n) is 5.02. The molecule has 7 heteroatoms. The molecular formula is C23H18N4O2S. The molecule has 0 aliphatic carbocycles. The van der Waals surface area contributed by atoms with Crippen LogP contribution in [0.25, 0.3) is 0 Å². The van der Waals surface area contributed by atoms with Crippen LogP contribution in [-0.4, -0.2) is 22.5 Å². The zero-order chi connectivity index (χ0) is 21.1. The van der Waals surface area contributed by atoms with Crippen molar-refractivity contribution < 1.29 is 9.59 Å². The molecule has 0 spiro atoms. The number of hydrogen-bond acceptors (Lipinski definition) is 6.